The zero-order valence-electron chi connectivity index (χ0n) is 14.6. The summed E-state index contributed by atoms with van der Waals surface area (Å²) in [5.41, 5.74) is 2.75. The van der Waals surface area contributed by atoms with Crippen molar-refractivity contribution in [2.24, 2.45) is 0 Å². The van der Waals surface area contributed by atoms with Crippen LogP contribution >= 0.6 is 0 Å². The van der Waals surface area contributed by atoms with E-state index < -0.39 is 6.04 Å². The van der Waals surface area contributed by atoms with Gasteiger partial charge in [-0.25, -0.2) is 0 Å². The molecule has 6 heteroatoms. The Labute approximate surface area is 151 Å². The lowest BCUT2D eigenvalue weighted by Crippen LogP contribution is -2.24. The fourth-order valence-electron chi connectivity index (χ4n) is 2.58. The molecular weight excluding hydrogens is 328 g/mol. The van der Waals surface area contributed by atoms with Gasteiger partial charge in [-0.15, -0.1) is 0 Å². The number of carbonyl (C=O) groups is 2. The van der Waals surface area contributed by atoms with Crippen molar-refractivity contribution in [1.82, 2.24) is 9.78 Å². The lowest BCUT2D eigenvalue weighted by Gasteiger charge is -2.14. The summed E-state index contributed by atoms with van der Waals surface area (Å²) in [6.07, 6.45) is 3.37. The summed E-state index contributed by atoms with van der Waals surface area (Å²) >= 11 is 0. The molecule has 0 fully saturated rings. The second-order valence-electron chi connectivity index (χ2n) is 6.00. The van der Waals surface area contributed by atoms with E-state index in [1.54, 1.807) is 60.4 Å². The van der Waals surface area contributed by atoms with E-state index in [4.69, 9.17) is 0 Å². The van der Waals surface area contributed by atoms with E-state index in [0.29, 0.717) is 16.9 Å². The highest BCUT2D eigenvalue weighted by molar-refractivity contribution is 6.05. The first-order valence-electron chi connectivity index (χ1n) is 8.31. The molecular formula is C20H20N4O2. The number of nitrogens with one attached hydrogen (secondary N) is 2. The molecule has 1 heterocycles. The third-order valence-corrected chi connectivity index (χ3v) is 4.08. The van der Waals surface area contributed by atoms with Gasteiger partial charge < -0.3 is 10.6 Å². The molecule has 0 saturated heterocycles. The molecule has 1 atom stereocenters. The average molecular weight is 348 g/mol. The fraction of sp³-hybridized carbons (Fsp3) is 0.150. The predicted octanol–water partition coefficient (Wildman–Crippen LogP) is 3.64. The zero-order valence-corrected chi connectivity index (χ0v) is 14.6. The molecule has 0 spiro atoms. The van der Waals surface area contributed by atoms with Crippen LogP contribution in [0.25, 0.3) is 0 Å². The van der Waals surface area contributed by atoms with E-state index in [1.807, 2.05) is 25.1 Å². The van der Waals surface area contributed by atoms with E-state index in [1.165, 1.54) is 0 Å². The van der Waals surface area contributed by atoms with Crippen LogP contribution in [0.4, 0.5) is 11.4 Å². The number of aromatic nitrogens is 2. The highest BCUT2D eigenvalue weighted by Crippen LogP contribution is 2.18. The van der Waals surface area contributed by atoms with Gasteiger partial charge in [-0.05, 0) is 49.7 Å². The molecule has 132 valence electrons. The van der Waals surface area contributed by atoms with Gasteiger partial charge in [-0.3, -0.25) is 14.3 Å². The summed E-state index contributed by atoms with van der Waals surface area (Å²) in [7, 11) is 0. The van der Waals surface area contributed by atoms with Crippen molar-refractivity contribution < 1.29 is 9.59 Å². The Morgan fingerprint density at radius 1 is 1.00 bits per heavy atom. The van der Waals surface area contributed by atoms with Crippen LogP contribution in [0.1, 0.15) is 28.9 Å². The molecule has 3 rings (SSSR count). The second kappa shape index (κ2) is 7.65. The van der Waals surface area contributed by atoms with Crippen molar-refractivity contribution in [3.05, 3.63) is 78.1 Å². The maximum Gasteiger partial charge on any atom is 0.255 e. The monoisotopic (exact) mass is 348 g/mol. The first kappa shape index (κ1) is 17.4. The smallest absolute Gasteiger partial charge is 0.255 e. The number of aryl methyl sites for hydroxylation is 1. The van der Waals surface area contributed by atoms with Gasteiger partial charge in [0.15, 0.2) is 0 Å². The van der Waals surface area contributed by atoms with Gasteiger partial charge in [0.1, 0.15) is 6.04 Å². The first-order valence-corrected chi connectivity index (χ1v) is 8.31. The van der Waals surface area contributed by atoms with Crippen LogP contribution in [0.3, 0.4) is 0 Å². The molecule has 1 aromatic heterocycles. The summed E-state index contributed by atoms with van der Waals surface area (Å²) in [6.45, 7) is 3.66. The zero-order chi connectivity index (χ0) is 18.5. The van der Waals surface area contributed by atoms with Crippen LogP contribution in [0, 0.1) is 6.92 Å². The summed E-state index contributed by atoms with van der Waals surface area (Å²) in [4.78, 5) is 24.8. The molecule has 26 heavy (non-hydrogen) atoms. The Balaban J connectivity index is 1.69. The fourth-order valence-corrected chi connectivity index (χ4v) is 2.58. The van der Waals surface area contributed by atoms with Crippen molar-refractivity contribution in [3.8, 4) is 0 Å². The highest BCUT2D eigenvalue weighted by atomic mass is 16.2. The molecule has 6 nitrogen and oxygen atoms in total. The minimum atomic E-state index is -0.435. The molecule has 0 aliphatic rings. The van der Waals surface area contributed by atoms with Gasteiger partial charge >= 0.3 is 0 Å². The Bertz CT molecular complexity index is 919. The minimum Gasteiger partial charge on any atom is -0.324 e. The van der Waals surface area contributed by atoms with Gasteiger partial charge in [-0.2, -0.15) is 5.10 Å². The number of rotatable bonds is 5. The summed E-state index contributed by atoms with van der Waals surface area (Å²) in [5.74, 6) is -0.368. The van der Waals surface area contributed by atoms with E-state index in [2.05, 4.69) is 15.7 Å². The summed E-state index contributed by atoms with van der Waals surface area (Å²) in [5, 5.41) is 9.78. The maximum atomic E-state index is 12.4. The van der Waals surface area contributed by atoms with Gasteiger partial charge in [0.05, 0.1) is 0 Å². The Morgan fingerprint density at radius 3 is 2.42 bits per heavy atom. The molecule has 0 saturated carbocycles. The Hall–Kier alpha value is -3.41. The minimum absolute atomic E-state index is 0.184. The molecule has 2 amide bonds. The number of amides is 2. The average Bonchev–Trinajstić information content (AvgIpc) is 3.16. The number of nitrogens with zero attached hydrogens (tertiary/aromatic N) is 2. The van der Waals surface area contributed by atoms with Crippen molar-refractivity contribution in [3.63, 3.8) is 0 Å². The van der Waals surface area contributed by atoms with E-state index in [0.717, 1.165) is 5.56 Å². The van der Waals surface area contributed by atoms with Crippen LogP contribution in [0.15, 0.2) is 67.0 Å². The molecule has 0 unspecified atom stereocenters. The van der Waals surface area contributed by atoms with Gasteiger partial charge in [0.2, 0.25) is 5.91 Å². The summed E-state index contributed by atoms with van der Waals surface area (Å²) < 4.78 is 1.58. The van der Waals surface area contributed by atoms with Gasteiger partial charge in [0.25, 0.3) is 5.91 Å². The maximum absolute atomic E-state index is 12.4. The van der Waals surface area contributed by atoms with Crippen LogP contribution in [-0.4, -0.2) is 21.6 Å². The third-order valence-electron chi connectivity index (χ3n) is 4.08. The number of anilines is 2. The lowest BCUT2D eigenvalue weighted by atomic mass is 10.1. The SMILES string of the molecule is Cc1ccccc1C(=O)Nc1cccc(NC(=O)[C@@H](C)n2cccn2)c1. The van der Waals surface area contributed by atoms with Gasteiger partial charge in [0, 0.05) is 29.3 Å². The van der Waals surface area contributed by atoms with Crippen molar-refractivity contribution >= 4 is 23.2 Å². The molecule has 0 aliphatic carbocycles. The largest absolute Gasteiger partial charge is 0.324 e. The highest BCUT2D eigenvalue weighted by Gasteiger charge is 2.15. The van der Waals surface area contributed by atoms with Crippen LogP contribution in [0.5, 0.6) is 0 Å². The Morgan fingerprint density at radius 2 is 1.73 bits per heavy atom. The van der Waals surface area contributed by atoms with E-state index >= 15 is 0 Å². The number of carbonyl (C=O) groups excluding carboxylic acids is 2. The van der Waals surface area contributed by atoms with Crippen molar-refractivity contribution in [2.75, 3.05) is 10.6 Å². The molecule has 3 aromatic rings. The molecule has 0 radical (unpaired) electrons. The molecule has 2 N–H and O–H groups in total. The standard InChI is InChI=1S/C20H20N4O2/c1-14-7-3-4-10-18(14)20(26)23-17-9-5-8-16(13-17)22-19(25)15(2)24-12-6-11-21-24/h3-13,15H,1-2H3,(H,22,25)(H,23,26)/t15-/m1/s1. The molecule has 0 aliphatic heterocycles. The molecule has 0 bridgehead atoms. The normalized spacial score (nSPS) is 11.6. The first-order chi connectivity index (χ1) is 12.5. The number of hydrogen-bond acceptors (Lipinski definition) is 3. The van der Waals surface area contributed by atoms with Crippen LogP contribution < -0.4 is 10.6 Å². The third kappa shape index (κ3) is 3.97. The van der Waals surface area contributed by atoms with E-state index in [9.17, 15) is 9.59 Å². The van der Waals surface area contributed by atoms with Crippen LogP contribution in [-0.2, 0) is 4.79 Å². The van der Waals surface area contributed by atoms with Crippen LogP contribution in [0.2, 0.25) is 0 Å². The second-order valence-corrected chi connectivity index (χ2v) is 6.00. The van der Waals surface area contributed by atoms with Crippen molar-refractivity contribution in [1.29, 1.82) is 0 Å². The number of benzene rings is 2. The van der Waals surface area contributed by atoms with Gasteiger partial charge in [-0.1, -0.05) is 24.3 Å². The lowest BCUT2D eigenvalue weighted by molar-refractivity contribution is -0.119. The summed E-state index contributed by atoms with van der Waals surface area (Å²) in [6, 6.07) is 15.8. The van der Waals surface area contributed by atoms with E-state index in [-0.39, 0.29) is 11.8 Å². The Kier molecular flexibility index (Phi) is 5.12. The number of hydrogen-bond donors (Lipinski definition) is 2. The van der Waals surface area contributed by atoms with Crippen molar-refractivity contribution in [2.45, 2.75) is 19.9 Å². The topological polar surface area (TPSA) is 76.0 Å². The predicted molar refractivity (Wildman–Crippen MR) is 101 cm³/mol. The molecule has 2 aromatic carbocycles. The quantitative estimate of drug-likeness (QED) is 0.739.